The quantitative estimate of drug-likeness (QED) is 0.466. The zero-order valence-corrected chi connectivity index (χ0v) is 21.2. The Balaban J connectivity index is 1.75. The first-order valence-electron chi connectivity index (χ1n) is 11.8. The van der Waals surface area contributed by atoms with Gasteiger partial charge in [0.2, 0.25) is 5.91 Å². The SMILES string of the molecule is CCCN(CC(=O)Nc1cc(C(C)(C)C)nn1-c1ccc(OC)cc1)C(=O)NCc1ccccc1. The van der Waals surface area contributed by atoms with Crippen LogP contribution in [0.25, 0.3) is 5.69 Å². The first-order chi connectivity index (χ1) is 16.7. The zero-order valence-electron chi connectivity index (χ0n) is 21.2. The Kier molecular flexibility index (Phi) is 8.52. The molecule has 3 rings (SSSR count). The Labute approximate surface area is 207 Å². The first-order valence-corrected chi connectivity index (χ1v) is 11.8. The van der Waals surface area contributed by atoms with E-state index in [4.69, 9.17) is 9.84 Å². The van der Waals surface area contributed by atoms with Crippen molar-refractivity contribution >= 4 is 17.8 Å². The van der Waals surface area contributed by atoms with E-state index in [9.17, 15) is 9.59 Å². The van der Waals surface area contributed by atoms with E-state index in [-0.39, 0.29) is 23.9 Å². The van der Waals surface area contributed by atoms with Crippen LogP contribution in [0, 0.1) is 0 Å². The van der Waals surface area contributed by atoms with Gasteiger partial charge in [0, 0.05) is 24.6 Å². The predicted molar refractivity (Wildman–Crippen MR) is 138 cm³/mol. The van der Waals surface area contributed by atoms with Crippen molar-refractivity contribution in [2.75, 3.05) is 25.5 Å². The van der Waals surface area contributed by atoms with Gasteiger partial charge in [-0.1, -0.05) is 58.0 Å². The van der Waals surface area contributed by atoms with Crippen molar-refractivity contribution in [1.82, 2.24) is 20.0 Å². The molecular weight excluding hydrogens is 442 g/mol. The van der Waals surface area contributed by atoms with E-state index < -0.39 is 0 Å². The summed E-state index contributed by atoms with van der Waals surface area (Å²) < 4.78 is 6.96. The third-order valence-corrected chi connectivity index (χ3v) is 5.46. The van der Waals surface area contributed by atoms with Crippen molar-refractivity contribution in [2.45, 2.75) is 46.1 Å². The lowest BCUT2D eigenvalue weighted by molar-refractivity contribution is -0.116. The lowest BCUT2D eigenvalue weighted by Gasteiger charge is -2.22. The van der Waals surface area contributed by atoms with Gasteiger partial charge in [-0.2, -0.15) is 5.10 Å². The van der Waals surface area contributed by atoms with E-state index in [0.29, 0.717) is 18.9 Å². The minimum Gasteiger partial charge on any atom is -0.497 e. The predicted octanol–water partition coefficient (Wildman–Crippen LogP) is 4.74. The highest BCUT2D eigenvalue weighted by Gasteiger charge is 2.23. The monoisotopic (exact) mass is 477 g/mol. The molecule has 2 aromatic carbocycles. The van der Waals surface area contributed by atoms with Gasteiger partial charge in [-0.25, -0.2) is 9.48 Å². The van der Waals surface area contributed by atoms with Crippen molar-refractivity contribution in [2.24, 2.45) is 0 Å². The third-order valence-electron chi connectivity index (χ3n) is 5.46. The molecule has 0 atom stereocenters. The molecule has 0 aliphatic heterocycles. The van der Waals surface area contributed by atoms with Gasteiger partial charge in [0.25, 0.3) is 0 Å². The maximum atomic E-state index is 13.0. The van der Waals surface area contributed by atoms with E-state index >= 15 is 0 Å². The minimum absolute atomic E-state index is 0.0624. The van der Waals surface area contributed by atoms with Crippen molar-refractivity contribution in [1.29, 1.82) is 0 Å². The van der Waals surface area contributed by atoms with Crippen LogP contribution < -0.4 is 15.4 Å². The number of hydrogen-bond acceptors (Lipinski definition) is 4. The molecule has 3 aromatic rings. The molecule has 186 valence electrons. The van der Waals surface area contributed by atoms with Gasteiger partial charge in [-0.3, -0.25) is 4.79 Å². The molecule has 0 aliphatic carbocycles. The number of ether oxygens (including phenoxy) is 1. The number of carbonyl (C=O) groups is 2. The summed E-state index contributed by atoms with van der Waals surface area (Å²) >= 11 is 0. The fourth-order valence-electron chi connectivity index (χ4n) is 3.52. The molecule has 0 unspecified atom stereocenters. The largest absolute Gasteiger partial charge is 0.497 e. The Morgan fingerprint density at radius 3 is 2.34 bits per heavy atom. The number of urea groups is 1. The van der Waals surface area contributed by atoms with Crippen LogP contribution in [0.1, 0.15) is 45.4 Å². The Bertz CT molecular complexity index is 1120. The van der Waals surface area contributed by atoms with Crippen LogP contribution in [0.3, 0.4) is 0 Å². The molecule has 1 aromatic heterocycles. The van der Waals surface area contributed by atoms with E-state index in [1.807, 2.05) is 67.6 Å². The lowest BCUT2D eigenvalue weighted by Crippen LogP contribution is -2.44. The number of aromatic nitrogens is 2. The van der Waals surface area contributed by atoms with Crippen molar-refractivity contribution in [3.63, 3.8) is 0 Å². The number of nitrogens with zero attached hydrogens (tertiary/aromatic N) is 3. The van der Waals surface area contributed by atoms with Gasteiger partial charge in [-0.15, -0.1) is 0 Å². The van der Waals surface area contributed by atoms with Crippen molar-refractivity contribution < 1.29 is 14.3 Å². The van der Waals surface area contributed by atoms with Gasteiger partial charge < -0.3 is 20.3 Å². The smallest absolute Gasteiger partial charge is 0.318 e. The number of methoxy groups -OCH3 is 1. The second-order valence-corrected chi connectivity index (χ2v) is 9.39. The fraction of sp³-hybridized carbons (Fsp3) is 0.370. The van der Waals surface area contributed by atoms with Crippen LogP contribution in [0.15, 0.2) is 60.7 Å². The van der Waals surface area contributed by atoms with E-state index in [1.54, 1.807) is 11.8 Å². The topological polar surface area (TPSA) is 88.5 Å². The summed E-state index contributed by atoms with van der Waals surface area (Å²) in [7, 11) is 1.62. The molecule has 3 amide bonds. The molecule has 0 bridgehead atoms. The standard InChI is InChI=1S/C27H35N5O3/c1-6-16-31(26(34)28-18-20-10-8-7-9-11-20)19-25(33)29-24-17-23(27(2,3)4)30-32(24)21-12-14-22(35-5)15-13-21/h7-15,17H,6,16,18-19H2,1-5H3,(H,28,34)(H,29,33). The number of hydrogen-bond donors (Lipinski definition) is 2. The maximum absolute atomic E-state index is 13.0. The summed E-state index contributed by atoms with van der Waals surface area (Å²) in [6.07, 6.45) is 0.740. The van der Waals surface area contributed by atoms with E-state index in [2.05, 4.69) is 31.4 Å². The summed E-state index contributed by atoms with van der Waals surface area (Å²) in [5.74, 6) is 0.994. The average Bonchev–Trinajstić information content (AvgIpc) is 3.27. The first kappa shape index (κ1) is 25.8. The molecule has 0 saturated heterocycles. The van der Waals surface area contributed by atoms with Crippen LogP contribution >= 0.6 is 0 Å². The van der Waals surface area contributed by atoms with Gasteiger partial charge in [-0.05, 0) is 36.2 Å². The van der Waals surface area contributed by atoms with Gasteiger partial charge in [0.1, 0.15) is 18.1 Å². The van der Waals surface area contributed by atoms with Crippen molar-refractivity contribution in [3.05, 3.63) is 71.9 Å². The highest BCUT2D eigenvalue weighted by atomic mass is 16.5. The fourth-order valence-corrected chi connectivity index (χ4v) is 3.52. The van der Waals surface area contributed by atoms with Crippen LogP contribution in [0.2, 0.25) is 0 Å². The van der Waals surface area contributed by atoms with E-state index in [0.717, 1.165) is 29.1 Å². The summed E-state index contributed by atoms with van der Waals surface area (Å²) in [6, 6.07) is 18.7. The Morgan fingerprint density at radius 2 is 1.74 bits per heavy atom. The molecule has 1 heterocycles. The number of amides is 3. The maximum Gasteiger partial charge on any atom is 0.318 e. The zero-order chi connectivity index (χ0) is 25.4. The summed E-state index contributed by atoms with van der Waals surface area (Å²) in [4.78, 5) is 27.3. The van der Waals surface area contributed by atoms with Crippen LogP contribution in [0.5, 0.6) is 5.75 Å². The molecule has 35 heavy (non-hydrogen) atoms. The van der Waals surface area contributed by atoms with Gasteiger partial charge in [0.05, 0.1) is 18.5 Å². The Hall–Kier alpha value is -3.81. The molecule has 0 radical (unpaired) electrons. The highest BCUT2D eigenvalue weighted by molar-refractivity contribution is 5.94. The number of nitrogens with one attached hydrogen (secondary N) is 2. The molecule has 8 nitrogen and oxygen atoms in total. The normalized spacial score (nSPS) is 11.1. The molecule has 0 fully saturated rings. The van der Waals surface area contributed by atoms with Crippen LogP contribution in [-0.2, 0) is 16.8 Å². The van der Waals surface area contributed by atoms with Crippen LogP contribution in [-0.4, -0.2) is 46.8 Å². The number of rotatable bonds is 9. The highest BCUT2D eigenvalue weighted by Crippen LogP contribution is 2.27. The lowest BCUT2D eigenvalue weighted by atomic mass is 9.92. The van der Waals surface area contributed by atoms with E-state index in [1.165, 1.54) is 4.90 Å². The number of anilines is 1. The summed E-state index contributed by atoms with van der Waals surface area (Å²) in [5, 5.41) is 10.6. The molecular formula is C27H35N5O3. The molecule has 0 saturated carbocycles. The number of benzene rings is 2. The average molecular weight is 478 g/mol. The van der Waals surface area contributed by atoms with Gasteiger partial charge in [0.15, 0.2) is 0 Å². The molecule has 8 heteroatoms. The summed E-state index contributed by atoms with van der Waals surface area (Å²) in [5.41, 5.74) is 2.43. The third kappa shape index (κ3) is 7.09. The second-order valence-electron chi connectivity index (χ2n) is 9.39. The van der Waals surface area contributed by atoms with Crippen LogP contribution in [0.4, 0.5) is 10.6 Å². The number of carbonyl (C=O) groups excluding carboxylic acids is 2. The Morgan fingerprint density at radius 1 is 1.06 bits per heavy atom. The second kappa shape index (κ2) is 11.6. The minimum atomic E-state index is -0.288. The molecule has 2 N–H and O–H groups in total. The molecule has 0 spiro atoms. The molecule has 0 aliphatic rings. The summed E-state index contributed by atoms with van der Waals surface area (Å²) in [6.45, 7) is 8.99. The van der Waals surface area contributed by atoms with Gasteiger partial charge >= 0.3 is 6.03 Å². The van der Waals surface area contributed by atoms with Crippen molar-refractivity contribution in [3.8, 4) is 11.4 Å².